The molecule has 2 aromatic carbocycles. The van der Waals surface area contributed by atoms with Gasteiger partial charge in [0.1, 0.15) is 6.07 Å². The first-order chi connectivity index (χ1) is 8.88. The van der Waals surface area contributed by atoms with Crippen LogP contribution in [0.1, 0.15) is 5.56 Å². The monoisotopic (exact) mass is 230 g/mol. The molecule has 0 aliphatic heterocycles. The summed E-state index contributed by atoms with van der Waals surface area (Å²) < 4.78 is 0. The fourth-order valence-electron chi connectivity index (χ4n) is 2.09. The fraction of sp³-hybridized carbons (Fsp3) is 0. The summed E-state index contributed by atoms with van der Waals surface area (Å²) in [7, 11) is 0. The normalized spacial score (nSPS) is 10.2. The number of nitriles is 1. The average molecular weight is 230 g/mol. The first-order valence-corrected chi connectivity index (χ1v) is 5.72. The number of rotatable bonds is 1. The molecule has 0 atom stereocenters. The Morgan fingerprint density at radius 1 is 0.944 bits per heavy atom. The Hall–Kier alpha value is -2.66. The molecule has 0 radical (unpaired) electrons. The van der Waals surface area contributed by atoms with Crippen LogP contribution in [0.25, 0.3) is 21.9 Å². The van der Waals surface area contributed by atoms with Crippen molar-refractivity contribution in [1.82, 2.24) is 4.98 Å². The molecule has 0 saturated carbocycles. The minimum absolute atomic E-state index is 0.604. The van der Waals surface area contributed by atoms with Crippen molar-refractivity contribution in [3.05, 3.63) is 66.5 Å². The van der Waals surface area contributed by atoms with Crippen LogP contribution in [0.5, 0.6) is 0 Å². The van der Waals surface area contributed by atoms with E-state index in [9.17, 15) is 0 Å². The highest BCUT2D eigenvalue weighted by Crippen LogP contribution is 2.26. The van der Waals surface area contributed by atoms with Gasteiger partial charge < -0.3 is 0 Å². The van der Waals surface area contributed by atoms with Crippen LogP contribution in [0, 0.1) is 11.3 Å². The van der Waals surface area contributed by atoms with E-state index in [-0.39, 0.29) is 0 Å². The van der Waals surface area contributed by atoms with Crippen LogP contribution in [-0.2, 0) is 0 Å². The number of hydrogen-bond donors (Lipinski definition) is 0. The molecular weight excluding hydrogens is 220 g/mol. The molecule has 0 amide bonds. The predicted molar refractivity (Wildman–Crippen MR) is 71.9 cm³/mol. The second kappa shape index (κ2) is 4.31. The maximum Gasteiger partial charge on any atom is 0.101 e. The highest BCUT2D eigenvalue weighted by molar-refractivity contribution is 5.88. The lowest BCUT2D eigenvalue weighted by molar-refractivity contribution is 1.30. The molecule has 1 heterocycles. The molecule has 0 fully saturated rings. The lowest BCUT2D eigenvalue weighted by Gasteiger charge is -2.05. The average Bonchev–Trinajstić information content (AvgIpc) is 2.46. The lowest BCUT2D eigenvalue weighted by Crippen LogP contribution is -1.85. The molecule has 2 nitrogen and oxygen atoms in total. The molecule has 2 heteroatoms. The molecule has 0 aliphatic carbocycles. The highest BCUT2D eigenvalue weighted by atomic mass is 14.6. The second-order valence-electron chi connectivity index (χ2n) is 4.09. The first-order valence-electron chi connectivity index (χ1n) is 5.72. The van der Waals surface area contributed by atoms with E-state index in [1.165, 1.54) is 10.8 Å². The van der Waals surface area contributed by atoms with Gasteiger partial charge in [-0.25, -0.2) is 0 Å². The zero-order chi connectivity index (χ0) is 12.4. The number of hydrogen-bond acceptors (Lipinski definition) is 2. The van der Waals surface area contributed by atoms with Crippen LogP contribution in [0.15, 0.2) is 60.9 Å². The minimum atomic E-state index is 0.604. The third-order valence-corrected chi connectivity index (χ3v) is 3.00. The van der Waals surface area contributed by atoms with Gasteiger partial charge in [-0.1, -0.05) is 36.4 Å². The quantitative estimate of drug-likeness (QED) is 0.638. The molecule has 0 N–H and O–H groups in total. The Balaban J connectivity index is 2.23. The van der Waals surface area contributed by atoms with Crippen molar-refractivity contribution >= 4 is 10.8 Å². The topological polar surface area (TPSA) is 36.7 Å². The third kappa shape index (κ3) is 1.72. The van der Waals surface area contributed by atoms with Gasteiger partial charge in [0.2, 0.25) is 0 Å². The zero-order valence-corrected chi connectivity index (χ0v) is 9.67. The van der Waals surface area contributed by atoms with E-state index >= 15 is 0 Å². The molecule has 0 unspecified atom stereocenters. The molecule has 0 saturated heterocycles. The molecule has 18 heavy (non-hydrogen) atoms. The maximum atomic E-state index is 9.10. The fourth-order valence-corrected chi connectivity index (χ4v) is 2.09. The van der Waals surface area contributed by atoms with Crippen molar-refractivity contribution in [1.29, 1.82) is 5.26 Å². The van der Waals surface area contributed by atoms with Gasteiger partial charge in [0.05, 0.1) is 5.56 Å². The Morgan fingerprint density at radius 3 is 2.61 bits per heavy atom. The predicted octanol–water partition coefficient (Wildman–Crippen LogP) is 3.77. The van der Waals surface area contributed by atoms with Crippen molar-refractivity contribution < 1.29 is 0 Å². The van der Waals surface area contributed by atoms with Crippen LogP contribution in [0.2, 0.25) is 0 Å². The van der Waals surface area contributed by atoms with Crippen LogP contribution in [0.3, 0.4) is 0 Å². The van der Waals surface area contributed by atoms with E-state index in [0.29, 0.717) is 5.56 Å². The number of fused-ring (bicyclic) bond motifs is 1. The molecule has 1 aromatic heterocycles. The van der Waals surface area contributed by atoms with Crippen LogP contribution >= 0.6 is 0 Å². The van der Waals surface area contributed by atoms with E-state index in [2.05, 4.69) is 35.3 Å². The van der Waals surface area contributed by atoms with Crippen molar-refractivity contribution in [2.75, 3.05) is 0 Å². The molecule has 84 valence electrons. The van der Waals surface area contributed by atoms with Gasteiger partial charge in [0.15, 0.2) is 0 Å². The zero-order valence-electron chi connectivity index (χ0n) is 9.67. The van der Waals surface area contributed by atoms with Gasteiger partial charge in [-0.2, -0.15) is 5.26 Å². The van der Waals surface area contributed by atoms with Crippen molar-refractivity contribution in [3.63, 3.8) is 0 Å². The smallest absolute Gasteiger partial charge is 0.101 e. The summed E-state index contributed by atoms with van der Waals surface area (Å²) in [6.07, 6.45) is 3.32. The van der Waals surface area contributed by atoms with Crippen molar-refractivity contribution in [2.24, 2.45) is 0 Å². The standard InChI is InChI=1S/C16H10N2/c17-10-15-11-18-8-7-16(15)14-6-5-12-3-1-2-4-13(12)9-14/h1-9,11H. The van der Waals surface area contributed by atoms with E-state index in [1.54, 1.807) is 12.4 Å². The van der Waals surface area contributed by atoms with Crippen LogP contribution in [-0.4, -0.2) is 4.98 Å². The Labute approximate surface area is 105 Å². The van der Waals surface area contributed by atoms with Crippen molar-refractivity contribution in [2.45, 2.75) is 0 Å². The summed E-state index contributed by atoms with van der Waals surface area (Å²) in [5, 5.41) is 11.5. The second-order valence-corrected chi connectivity index (χ2v) is 4.09. The number of nitrogens with zero attached hydrogens (tertiary/aromatic N) is 2. The summed E-state index contributed by atoms with van der Waals surface area (Å²) in [4.78, 5) is 3.98. The summed E-state index contributed by atoms with van der Waals surface area (Å²) >= 11 is 0. The molecule has 3 rings (SSSR count). The largest absolute Gasteiger partial charge is 0.263 e. The first kappa shape index (κ1) is 10.5. The van der Waals surface area contributed by atoms with E-state index in [1.807, 2.05) is 24.3 Å². The SMILES string of the molecule is N#Cc1cnccc1-c1ccc2ccccc2c1. The molecule has 0 bridgehead atoms. The maximum absolute atomic E-state index is 9.10. The van der Waals surface area contributed by atoms with Gasteiger partial charge in [-0.05, 0) is 28.5 Å². The summed E-state index contributed by atoms with van der Waals surface area (Å²) in [6, 6.07) is 18.5. The van der Waals surface area contributed by atoms with Gasteiger partial charge in [-0.15, -0.1) is 0 Å². The lowest BCUT2D eigenvalue weighted by atomic mass is 9.99. The van der Waals surface area contributed by atoms with Crippen LogP contribution < -0.4 is 0 Å². The van der Waals surface area contributed by atoms with Crippen molar-refractivity contribution in [3.8, 4) is 17.2 Å². The van der Waals surface area contributed by atoms with E-state index in [4.69, 9.17) is 5.26 Å². The number of aromatic nitrogens is 1. The van der Waals surface area contributed by atoms with Gasteiger partial charge in [0.25, 0.3) is 0 Å². The third-order valence-electron chi connectivity index (χ3n) is 3.00. The Morgan fingerprint density at radius 2 is 1.78 bits per heavy atom. The molecular formula is C16H10N2. The van der Waals surface area contributed by atoms with Gasteiger partial charge in [-0.3, -0.25) is 4.98 Å². The molecule has 3 aromatic rings. The number of pyridine rings is 1. The summed E-state index contributed by atoms with van der Waals surface area (Å²) in [6.45, 7) is 0. The van der Waals surface area contributed by atoms with Gasteiger partial charge >= 0.3 is 0 Å². The Kier molecular flexibility index (Phi) is 2.51. The van der Waals surface area contributed by atoms with Crippen LogP contribution in [0.4, 0.5) is 0 Å². The molecule has 0 aliphatic rings. The van der Waals surface area contributed by atoms with E-state index in [0.717, 1.165) is 11.1 Å². The van der Waals surface area contributed by atoms with Gasteiger partial charge in [0, 0.05) is 18.0 Å². The number of benzene rings is 2. The Bertz CT molecular complexity index is 754. The molecule has 0 spiro atoms. The minimum Gasteiger partial charge on any atom is -0.263 e. The van der Waals surface area contributed by atoms with E-state index < -0.39 is 0 Å². The highest BCUT2D eigenvalue weighted by Gasteiger charge is 2.04. The summed E-state index contributed by atoms with van der Waals surface area (Å²) in [5.74, 6) is 0. The summed E-state index contributed by atoms with van der Waals surface area (Å²) in [5.41, 5.74) is 2.58.